The second kappa shape index (κ2) is 7.89. The van der Waals surface area contributed by atoms with Crippen molar-refractivity contribution < 1.29 is 22.7 Å². The standard InChI is InChI=1S/C19H21ClN2O5S/c1-4-16(19(23)21-13-6-8-17-18(9-13)27-11-26-17)22(28(3,24)25)14-7-5-12(2)15(20)10-14/h5-10,16H,4,11H2,1-3H3,(H,21,23). The molecule has 0 aliphatic carbocycles. The number of benzene rings is 2. The number of carbonyl (C=O) groups is 1. The van der Waals surface area contributed by atoms with Gasteiger partial charge in [-0.15, -0.1) is 0 Å². The molecule has 1 aliphatic rings. The summed E-state index contributed by atoms with van der Waals surface area (Å²) in [4.78, 5) is 12.9. The number of nitrogens with zero attached hydrogens (tertiary/aromatic N) is 1. The number of aryl methyl sites for hydroxylation is 1. The second-order valence-corrected chi connectivity index (χ2v) is 8.74. The van der Waals surface area contributed by atoms with E-state index in [4.69, 9.17) is 21.1 Å². The van der Waals surface area contributed by atoms with Crippen molar-refractivity contribution >= 4 is 38.9 Å². The average Bonchev–Trinajstić information content (AvgIpc) is 3.08. The van der Waals surface area contributed by atoms with Gasteiger partial charge < -0.3 is 14.8 Å². The van der Waals surface area contributed by atoms with Crippen molar-refractivity contribution in [3.63, 3.8) is 0 Å². The summed E-state index contributed by atoms with van der Waals surface area (Å²) < 4.78 is 36.7. The quantitative estimate of drug-likeness (QED) is 0.766. The molecule has 0 fully saturated rings. The number of hydrogen-bond donors (Lipinski definition) is 1. The lowest BCUT2D eigenvalue weighted by Gasteiger charge is -2.30. The number of carbonyl (C=O) groups excluding carboxylic acids is 1. The van der Waals surface area contributed by atoms with Crippen LogP contribution in [0.1, 0.15) is 18.9 Å². The molecule has 0 aromatic heterocycles. The van der Waals surface area contributed by atoms with Crippen molar-refractivity contribution in [1.82, 2.24) is 0 Å². The number of hydrogen-bond acceptors (Lipinski definition) is 5. The highest BCUT2D eigenvalue weighted by Crippen LogP contribution is 2.34. The molecule has 1 amide bonds. The largest absolute Gasteiger partial charge is 0.454 e. The van der Waals surface area contributed by atoms with Crippen LogP contribution in [0, 0.1) is 6.92 Å². The minimum Gasteiger partial charge on any atom is -0.454 e. The van der Waals surface area contributed by atoms with Crippen LogP contribution in [0.25, 0.3) is 0 Å². The Morgan fingerprint density at radius 3 is 2.57 bits per heavy atom. The number of rotatable bonds is 6. The van der Waals surface area contributed by atoms with E-state index in [1.165, 1.54) is 0 Å². The molecule has 1 heterocycles. The van der Waals surface area contributed by atoms with Crippen LogP contribution in [0.5, 0.6) is 11.5 Å². The van der Waals surface area contributed by atoms with Crippen molar-refractivity contribution in [2.45, 2.75) is 26.3 Å². The van der Waals surface area contributed by atoms with Gasteiger partial charge >= 0.3 is 0 Å². The van der Waals surface area contributed by atoms with Gasteiger partial charge in [0.25, 0.3) is 0 Å². The third-order valence-electron chi connectivity index (χ3n) is 4.38. The maximum atomic E-state index is 12.9. The molecule has 1 N–H and O–H groups in total. The Morgan fingerprint density at radius 1 is 1.21 bits per heavy atom. The average molecular weight is 425 g/mol. The molecule has 2 aromatic rings. The van der Waals surface area contributed by atoms with Crippen LogP contribution in [0.15, 0.2) is 36.4 Å². The fraction of sp³-hybridized carbons (Fsp3) is 0.316. The third kappa shape index (κ3) is 4.18. The number of sulfonamides is 1. The van der Waals surface area contributed by atoms with E-state index in [0.29, 0.717) is 27.9 Å². The van der Waals surface area contributed by atoms with Crippen molar-refractivity contribution in [1.29, 1.82) is 0 Å². The minimum absolute atomic E-state index is 0.125. The van der Waals surface area contributed by atoms with Gasteiger partial charge in [-0.25, -0.2) is 8.42 Å². The highest BCUT2D eigenvalue weighted by atomic mass is 35.5. The first-order valence-electron chi connectivity index (χ1n) is 8.66. The van der Waals surface area contributed by atoms with Crippen molar-refractivity contribution in [2.75, 3.05) is 22.7 Å². The summed E-state index contributed by atoms with van der Waals surface area (Å²) in [7, 11) is -3.74. The highest BCUT2D eigenvalue weighted by molar-refractivity contribution is 7.92. The molecule has 28 heavy (non-hydrogen) atoms. The van der Waals surface area contributed by atoms with Gasteiger partial charge in [-0.1, -0.05) is 24.6 Å². The van der Waals surface area contributed by atoms with Gasteiger partial charge in [-0.3, -0.25) is 9.10 Å². The molecule has 150 valence electrons. The monoisotopic (exact) mass is 424 g/mol. The summed E-state index contributed by atoms with van der Waals surface area (Å²) in [6.07, 6.45) is 1.34. The Bertz CT molecular complexity index is 1010. The van der Waals surface area contributed by atoms with Crippen LogP contribution >= 0.6 is 11.6 Å². The summed E-state index contributed by atoms with van der Waals surface area (Å²) in [5.41, 5.74) is 1.64. The molecule has 0 radical (unpaired) electrons. The highest BCUT2D eigenvalue weighted by Gasteiger charge is 2.32. The topological polar surface area (TPSA) is 84.9 Å². The van der Waals surface area contributed by atoms with E-state index >= 15 is 0 Å². The number of fused-ring (bicyclic) bond motifs is 1. The van der Waals surface area contributed by atoms with Crippen LogP contribution in [0.3, 0.4) is 0 Å². The molecule has 9 heteroatoms. The van der Waals surface area contributed by atoms with E-state index < -0.39 is 22.0 Å². The normalized spacial score (nSPS) is 13.9. The van der Waals surface area contributed by atoms with Gasteiger partial charge in [0.2, 0.25) is 22.7 Å². The molecule has 0 saturated carbocycles. The van der Waals surface area contributed by atoms with Crippen LogP contribution in [-0.4, -0.2) is 33.4 Å². The van der Waals surface area contributed by atoms with Crippen molar-refractivity contribution in [3.8, 4) is 11.5 Å². The van der Waals surface area contributed by atoms with Crippen LogP contribution in [0.4, 0.5) is 11.4 Å². The lowest BCUT2D eigenvalue weighted by molar-refractivity contribution is -0.117. The number of halogens is 1. The summed E-state index contributed by atoms with van der Waals surface area (Å²) in [5.74, 6) is 0.664. The fourth-order valence-electron chi connectivity index (χ4n) is 2.98. The Hall–Kier alpha value is -2.45. The lowest BCUT2D eigenvalue weighted by Crippen LogP contribution is -2.47. The molecule has 1 unspecified atom stereocenters. The summed E-state index contributed by atoms with van der Waals surface area (Å²) in [5, 5.41) is 3.19. The van der Waals surface area contributed by atoms with Crippen LogP contribution in [-0.2, 0) is 14.8 Å². The van der Waals surface area contributed by atoms with E-state index in [2.05, 4.69) is 5.32 Å². The van der Waals surface area contributed by atoms with Gasteiger partial charge in [-0.05, 0) is 43.2 Å². The summed E-state index contributed by atoms with van der Waals surface area (Å²) >= 11 is 6.17. The van der Waals surface area contributed by atoms with Gasteiger partial charge in [0.15, 0.2) is 11.5 Å². The van der Waals surface area contributed by atoms with Gasteiger partial charge in [0.1, 0.15) is 6.04 Å². The number of amides is 1. The van der Waals surface area contributed by atoms with Crippen molar-refractivity contribution in [3.05, 3.63) is 47.0 Å². The predicted molar refractivity (Wildman–Crippen MR) is 109 cm³/mol. The van der Waals surface area contributed by atoms with E-state index in [-0.39, 0.29) is 13.2 Å². The zero-order valence-electron chi connectivity index (χ0n) is 15.7. The number of anilines is 2. The Balaban J connectivity index is 1.91. The molecule has 0 bridgehead atoms. The molecule has 0 spiro atoms. The second-order valence-electron chi connectivity index (χ2n) is 6.47. The van der Waals surface area contributed by atoms with Gasteiger partial charge in [0, 0.05) is 16.8 Å². The van der Waals surface area contributed by atoms with E-state index in [9.17, 15) is 13.2 Å². The van der Waals surface area contributed by atoms with E-state index in [1.807, 2.05) is 6.92 Å². The Labute approximate surface area is 169 Å². The van der Waals surface area contributed by atoms with Gasteiger partial charge in [-0.2, -0.15) is 0 Å². The first kappa shape index (κ1) is 20.3. The summed E-state index contributed by atoms with van der Waals surface area (Å²) in [6, 6.07) is 8.96. The first-order valence-corrected chi connectivity index (χ1v) is 10.9. The molecule has 3 rings (SSSR count). The third-order valence-corrected chi connectivity index (χ3v) is 5.97. The minimum atomic E-state index is -3.74. The Morgan fingerprint density at radius 2 is 1.93 bits per heavy atom. The maximum Gasteiger partial charge on any atom is 0.248 e. The van der Waals surface area contributed by atoms with Crippen LogP contribution in [0.2, 0.25) is 5.02 Å². The lowest BCUT2D eigenvalue weighted by atomic mass is 10.1. The molecule has 1 aliphatic heterocycles. The molecule has 2 aromatic carbocycles. The predicted octanol–water partition coefficient (Wildman–Crippen LogP) is 3.56. The first-order chi connectivity index (χ1) is 13.2. The summed E-state index contributed by atoms with van der Waals surface area (Å²) in [6.45, 7) is 3.69. The zero-order chi connectivity index (χ0) is 20.5. The molecule has 1 atom stereocenters. The molecular weight excluding hydrogens is 404 g/mol. The number of nitrogens with one attached hydrogen (secondary N) is 1. The zero-order valence-corrected chi connectivity index (χ0v) is 17.3. The maximum absolute atomic E-state index is 12.9. The smallest absolute Gasteiger partial charge is 0.248 e. The molecule has 0 saturated heterocycles. The Kier molecular flexibility index (Phi) is 5.71. The van der Waals surface area contributed by atoms with Crippen LogP contribution < -0.4 is 19.1 Å². The fourth-order valence-corrected chi connectivity index (χ4v) is 4.36. The number of ether oxygens (including phenoxy) is 2. The van der Waals surface area contributed by atoms with Crippen molar-refractivity contribution in [2.24, 2.45) is 0 Å². The molecular formula is C19H21ClN2O5S. The van der Waals surface area contributed by atoms with E-state index in [0.717, 1.165) is 16.1 Å². The van der Waals surface area contributed by atoms with Gasteiger partial charge in [0.05, 0.1) is 11.9 Å². The SMILES string of the molecule is CCC(C(=O)Nc1ccc2c(c1)OCO2)N(c1ccc(C)c(Cl)c1)S(C)(=O)=O. The molecule has 7 nitrogen and oxygen atoms in total. The van der Waals surface area contributed by atoms with E-state index in [1.54, 1.807) is 43.3 Å².